The van der Waals surface area contributed by atoms with E-state index in [9.17, 15) is 14.0 Å². The molecule has 0 saturated carbocycles. The predicted molar refractivity (Wildman–Crippen MR) is 84.6 cm³/mol. The van der Waals surface area contributed by atoms with Gasteiger partial charge in [-0.25, -0.2) is 4.39 Å². The summed E-state index contributed by atoms with van der Waals surface area (Å²) in [5, 5.41) is 2.81. The fourth-order valence-corrected chi connectivity index (χ4v) is 2.12. The number of hydrogen-bond acceptors (Lipinski definition) is 2. The fourth-order valence-electron chi connectivity index (χ4n) is 2.12. The number of halogens is 1. The Bertz CT molecular complexity index is 488. The van der Waals surface area contributed by atoms with Crippen LogP contribution in [0, 0.1) is 5.82 Å². The van der Waals surface area contributed by atoms with Crippen molar-refractivity contribution in [2.75, 3.05) is 6.54 Å². The molecule has 0 aliphatic rings. The molecule has 0 bridgehead atoms. The van der Waals surface area contributed by atoms with Crippen molar-refractivity contribution in [2.24, 2.45) is 0 Å². The predicted octanol–water partition coefficient (Wildman–Crippen LogP) is 2.87. The molecule has 0 aliphatic carbocycles. The van der Waals surface area contributed by atoms with E-state index in [0.717, 1.165) is 18.4 Å². The van der Waals surface area contributed by atoms with Crippen molar-refractivity contribution < 1.29 is 14.0 Å². The second kappa shape index (κ2) is 9.18. The molecule has 0 heterocycles. The molecule has 0 unspecified atom stereocenters. The largest absolute Gasteiger partial charge is 0.354 e. The van der Waals surface area contributed by atoms with E-state index in [1.54, 1.807) is 24.0 Å². The second-order valence-corrected chi connectivity index (χ2v) is 5.37. The van der Waals surface area contributed by atoms with E-state index in [0.29, 0.717) is 19.5 Å². The van der Waals surface area contributed by atoms with Gasteiger partial charge in [-0.3, -0.25) is 9.59 Å². The Morgan fingerprint density at radius 3 is 2.36 bits per heavy atom. The van der Waals surface area contributed by atoms with E-state index in [2.05, 4.69) is 5.32 Å². The van der Waals surface area contributed by atoms with Crippen molar-refractivity contribution in [3.05, 3.63) is 35.6 Å². The van der Waals surface area contributed by atoms with Crippen LogP contribution in [0.25, 0.3) is 0 Å². The summed E-state index contributed by atoms with van der Waals surface area (Å²) in [4.78, 5) is 26.0. The van der Waals surface area contributed by atoms with Crippen LogP contribution in [0.3, 0.4) is 0 Å². The Morgan fingerprint density at radius 1 is 1.18 bits per heavy atom. The highest BCUT2D eigenvalue weighted by Gasteiger charge is 2.25. The Hall–Kier alpha value is -1.91. The van der Waals surface area contributed by atoms with Crippen LogP contribution < -0.4 is 5.32 Å². The molecular formula is C17H25FN2O2. The van der Waals surface area contributed by atoms with Crippen molar-refractivity contribution in [2.45, 2.75) is 52.6 Å². The normalized spacial score (nSPS) is 11.8. The standard InChI is InChI=1S/C17H25FN2O2/c1-4-6-16(21)20(13(3)17(22)19-11-5-2)12-14-7-9-15(18)10-8-14/h7-10,13H,4-6,11-12H2,1-3H3,(H,19,22)/t13-/m1/s1. The first-order valence-corrected chi connectivity index (χ1v) is 7.81. The number of carbonyl (C=O) groups is 2. The van der Waals surface area contributed by atoms with Crippen LogP contribution in [-0.4, -0.2) is 29.3 Å². The summed E-state index contributed by atoms with van der Waals surface area (Å²) < 4.78 is 13.0. The molecule has 4 nitrogen and oxygen atoms in total. The molecule has 2 amide bonds. The van der Waals surface area contributed by atoms with Crippen LogP contribution in [0.5, 0.6) is 0 Å². The van der Waals surface area contributed by atoms with Gasteiger partial charge in [-0.2, -0.15) is 0 Å². The average Bonchev–Trinajstić information content (AvgIpc) is 2.51. The van der Waals surface area contributed by atoms with Crippen LogP contribution in [0.2, 0.25) is 0 Å². The smallest absolute Gasteiger partial charge is 0.242 e. The molecule has 1 N–H and O–H groups in total. The van der Waals surface area contributed by atoms with Gasteiger partial charge < -0.3 is 10.2 Å². The van der Waals surface area contributed by atoms with Gasteiger partial charge >= 0.3 is 0 Å². The number of carbonyl (C=O) groups excluding carboxylic acids is 2. The number of hydrogen-bond donors (Lipinski definition) is 1. The van der Waals surface area contributed by atoms with E-state index in [1.807, 2.05) is 13.8 Å². The number of nitrogens with one attached hydrogen (secondary N) is 1. The van der Waals surface area contributed by atoms with E-state index < -0.39 is 6.04 Å². The van der Waals surface area contributed by atoms with Gasteiger partial charge in [0.05, 0.1) is 0 Å². The minimum atomic E-state index is -0.546. The molecule has 5 heteroatoms. The maximum Gasteiger partial charge on any atom is 0.242 e. The minimum Gasteiger partial charge on any atom is -0.354 e. The second-order valence-electron chi connectivity index (χ2n) is 5.37. The highest BCUT2D eigenvalue weighted by Crippen LogP contribution is 2.12. The van der Waals surface area contributed by atoms with E-state index >= 15 is 0 Å². The van der Waals surface area contributed by atoms with Gasteiger partial charge in [0.15, 0.2) is 0 Å². The average molecular weight is 308 g/mol. The first kappa shape index (κ1) is 18.1. The molecule has 0 saturated heterocycles. The van der Waals surface area contributed by atoms with Gasteiger partial charge in [-0.05, 0) is 37.5 Å². The Morgan fingerprint density at radius 2 is 1.82 bits per heavy atom. The summed E-state index contributed by atoms with van der Waals surface area (Å²) in [5.74, 6) is -0.539. The summed E-state index contributed by atoms with van der Waals surface area (Å²) >= 11 is 0. The topological polar surface area (TPSA) is 49.4 Å². The van der Waals surface area contributed by atoms with Gasteiger partial charge in [0, 0.05) is 19.5 Å². The quantitative estimate of drug-likeness (QED) is 0.803. The summed E-state index contributed by atoms with van der Waals surface area (Å²) in [6.07, 6.45) is 1.97. The zero-order valence-corrected chi connectivity index (χ0v) is 13.6. The van der Waals surface area contributed by atoms with E-state index in [1.165, 1.54) is 12.1 Å². The minimum absolute atomic E-state index is 0.0639. The maximum absolute atomic E-state index is 13.0. The SMILES string of the molecule is CCCNC(=O)[C@@H](C)N(Cc1ccc(F)cc1)C(=O)CCC. The molecule has 0 fully saturated rings. The summed E-state index contributed by atoms with van der Waals surface area (Å²) in [5.41, 5.74) is 0.806. The molecule has 122 valence electrons. The molecule has 0 aliphatic heterocycles. The van der Waals surface area contributed by atoms with E-state index in [-0.39, 0.29) is 17.6 Å². The van der Waals surface area contributed by atoms with Gasteiger partial charge in [0.25, 0.3) is 0 Å². The molecule has 0 spiro atoms. The van der Waals surface area contributed by atoms with Gasteiger partial charge in [0.2, 0.25) is 11.8 Å². The summed E-state index contributed by atoms with van der Waals surface area (Å²) in [7, 11) is 0. The summed E-state index contributed by atoms with van der Waals surface area (Å²) in [6, 6.07) is 5.45. The van der Waals surface area contributed by atoms with Crippen LogP contribution in [0.4, 0.5) is 4.39 Å². The van der Waals surface area contributed by atoms with Crippen LogP contribution in [-0.2, 0) is 16.1 Å². The molecule has 1 atom stereocenters. The molecule has 0 aromatic heterocycles. The lowest BCUT2D eigenvalue weighted by molar-refractivity contribution is -0.140. The molecule has 0 radical (unpaired) electrons. The van der Waals surface area contributed by atoms with Gasteiger partial charge in [0.1, 0.15) is 11.9 Å². The molecule has 22 heavy (non-hydrogen) atoms. The number of rotatable bonds is 8. The third-order valence-electron chi connectivity index (χ3n) is 3.45. The lowest BCUT2D eigenvalue weighted by Gasteiger charge is -2.28. The maximum atomic E-state index is 13.0. The Labute approximate surface area is 131 Å². The zero-order valence-electron chi connectivity index (χ0n) is 13.6. The van der Waals surface area contributed by atoms with Crippen molar-refractivity contribution in [1.29, 1.82) is 0 Å². The van der Waals surface area contributed by atoms with Crippen molar-refractivity contribution in [3.63, 3.8) is 0 Å². The van der Waals surface area contributed by atoms with Crippen molar-refractivity contribution in [1.82, 2.24) is 10.2 Å². The monoisotopic (exact) mass is 308 g/mol. The zero-order chi connectivity index (χ0) is 16.5. The third-order valence-corrected chi connectivity index (χ3v) is 3.45. The van der Waals surface area contributed by atoms with Crippen LogP contribution in [0.15, 0.2) is 24.3 Å². The third kappa shape index (κ3) is 5.47. The Balaban J connectivity index is 2.85. The number of nitrogens with zero attached hydrogens (tertiary/aromatic N) is 1. The lowest BCUT2D eigenvalue weighted by Crippen LogP contribution is -2.47. The molecule has 1 rings (SSSR count). The van der Waals surface area contributed by atoms with Gasteiger partial charge in [-0.1, -0.05) is 26.0 Å². The van der Waals surface area contributed by atoms with Crippen molar-refractivity contribution in [3.8, 4) is 0 Å². The Kier molecular flexibility index (Phi) is 7.57. The van der Waals surface area contributed by atoms with Crippen molar-refractivity contribution >= 4 is 11.8 Å². The highest BCUT2D eigenvalue weighted by molar-refractivity contribution is 5.87. The van der Waals surface area contributed by atoms with Crippen LogP contribution in [0.1, 0.15) is 45.6 Å². The lowest BCUT2D eigenvalue weighted by atomic mass is 10.1. The fraction of sp³-hybridized carbons (Fsp3) is 0.529. The number of benzene rings is 1. The van der Waals surface area contributed by atoms with Gasteiger partial charge in [-0.15, -0.1) is 0 Å². The van der Waals surface area contributed by atoms with Crippen LogP contribution >= 0.6 is 0 Å². The summed E-state index contributed by atoms with van der Waals surface area (Å²) in [6.45, 7) is 6.52. The first-order chi connectivity index (χ1) is 10.5. The highest BCUT2D eigenvalue weighted by atomic mass is 19.1. The molecule has 1 aromatic rings. The first-order valence-electron chi connectivity index (χ1n) is 7.81. The molecular weight excluding hydrogens is 283 g/mol. The number of amides is 2. The molecule has 1 aromatic carbocycles. The van der Waals surface area contributed by atoms with E-state index in [4.69, 9.17) is 0 Å².